The molecule has 0 unspecified atom stereocenters. The third-order valence-electron chi connectivity index (χ3n) is 8.62. The van der Waals surface area contributed by atoms with Gasteiger partial charge in [-0.05, 0) is 83.3 Å². The van der Waals surface area contributed by atoms with Crippen molar-refractivity contribution >= 4 is 27.5 Å². The van der Waals surface area contributed by atoms with E-state index in [1.807, 2.05) is 60.7 Å². The van der Waals surface area contributed by atoms with Crippen LogP contribution in [-0.4, -0.2) is 11.8 Å². The Morgan fingerprint density at radius 2 is 1.45 bits per heavy atom. The molecular formula is C43H31NO3. The highest BCUT2D eigenvalue weighted by Gasteiger charge is 2.20. The summed E-state index contributed by atoms with van der Waals surface area (Å²) in [7, 11) is 0. The molecule has 0 bridgehead atoms. The van der Waals surface area contributed by atoms with E-state index >= 15 is 0 Å². The zero-order valence-electron chi connectivity index (χ0n) is 25.9. The third-order valence-corrected chi connectivity index (χ3v) is 8.62. The molecule has 4 heteroatoms. The lowest BCUT2D eigenvalue weighted by Crippen LogP contribution is -2.03. The number of para-hydroxylation sites is 1. The smallest absolute Gasteiger partial charge is 0.230 e. The number of pyridine rings is 1. The molecule has 47 heavy (non-hydrogen) atoms. The van der Waals surface area contributed by atoms with E-state index < -0.39 is 0 Å². The largest absolute Gasteiger partial charge is 0.457 e. The van der Waals surface area contributed by atoms with Gasteiger partial charge in [-0.15, -0.1) is 0 Å². The molecule has 7 aromatic rings. The summed E-state index contributed by atoms with van der Waals surface area (Å²) in [5.41, 5.74) is 11.9. The maximum Gasteiger partial charge on any atom is 0.230 e. The molecule has 0 amide bonds. The second kappa shape index (κ2) is 12.0. The average Bonchev–Trinajstić information content (AvgIpc) is 3.41. The summed E-state index contributed by atoms with van der Waals surface area (Å²) < 4.78 is 18.5. The van der Waals surface area contributed by atoms with Gasteiger partial charge in [0.05, 0.1) is 11.4 Å². The van der Waals surface area contributed by atoms with E-state index in [2.05, 4.69) is 92.4 Å². The molecular weight excluding hydrogens is 578 g/mol. The van der Waals surface area contributed by atoms with Gasteiger partial charge in [0, 0.05) is 27.5 Å². The van der Waals surface area contributed by atoms with Gasteiger partial charge in [0.25, 0.3) is 0 Å². The quantitative estimate of drug-likeness (QED) is 0.176. The number of allylic oxidation sites excluding steroid dienone is 5. The van der Waals surface area contributed by atoms with Crippen LogP contribution in [0.15, 0.2) is 157 Å². The number of hydrogen-bond donors (Lipinski definition) is 0. The third kappa shape index (κ3) is 5.30. The molecule has 0 spiro atoms. The molecule has 4 nitrogen and oxygen atoms in total. The molecule has 5 aromatic carbocycles. The fourth-order valence-electron chi connectivity index (χ4n) is 6.27. The number of fused-ring (bicyclic) bond motifs is 6. The van der Waals surface area contributed by atoms with Crippen LogP contribution >= 0.6 is 0 Å². The maximum absolute atomic E-state index is 6.23. The Labute approximate surface area is 273 Å². The standard InChI is InChI=1S/C43H31NO3/c1-3-4-6-12-28(2)37-24-32(25-38(44-37)29-13-7-5-8-14-29)30-19-21-34-36-23-31(20-22-39(36)45-27-46-42(34)26-30)33-16-11-18-41-43(33)35-15-9-10-17-40(35)47-41/h3-26H,1,27H2,2H3/b6-4-,28-12+. The zero-order chi connectivity index (χ0) is 31.7. The van der Waals surface area contributed by atoms with Crippen LogP contribution < -0.4 is 9.47 Å². The summed E-state index contributed by atoms with van der Waals surface area (Å²) in [6.45, 7) is 5.98. The average molecular weight is 610 g/mol. The summed E-state index contributed by atoms with van der Waals surface area (Å²) in [6.07, 6.45) is 7.72. The predicted octanol–water partition coefficient (Wildman–Crippen LogP) is 11.5. The first kappa shape index (κ1) is 28.4. The van der Waals surface area contributed by atoms with E-state index in [1.165, 1.54) is 0 Å². The fourth-order valence-corrected chi connectivity index (χ4v) is 6.27. The molecule has 3 heterocycles. The number of benzene rings is 5. The van der Waals surface area contributed by atoms with Crippen molar-refractivity contribution in [3.8, 4) is 56.1 Å². The Morgan fingerprint density at radius 3 is 2.34 bits per heavy atom. The lowest BCUT2D eigenvalue weighted by atomic mass is 9.93. The van der Waals surface area contributed by atoms with Gasteiger partial charge in [-0.3, -0.25) is 0 Å². The van der Waals surface area contributed by atoms with Crippen molar-refractivity contribution < 1.29 is 13.9 Å². The Bertz CT molecular complexity index is 2360. The molecule has 0 saturated heterocycles. The molecule has 1 aliphatic heterocycles. The van der Waals surface area contributed by atoms with Crippen LogP contribution in [-0.2, 0) is 0 Å². The maximum atomic E-state index is 6.23. The highest BCUT2D eigenvalue weighted by molar-refractivity contribution is 6.12. The first-order chi connectivity index (χ1) is 23.2. The minimum atomic E-state index is 0.124. The van der Waals surface area contributed by atoms with Crippen LogP contribution in [0.5, 0.6) is 11.5 Å². The molecule has 2 aromatic heterocycles. The first-order valence-electron chi connectivity index (χ1n) is 15.7. The van der Waals surface area contributed by atoms with Crippen LogP contribution in [0.4, 0.5) is 0 Å². The normalized spacial score (nSPS) is 12.7. The number of rotatable bonds is 6. The molecule has 8 rings (SSSR count). The molecule has 0 atom stereocenters. The van der Waals surface area contributed by atoms with Gasteiger partial charge < -0.3 is 13.9 Å². The summed E-state index contributed by atoms with van der Waals surface area (Å²) in [5, 5.41) is 2.21. The minimum absolute atomic E-state index is 0.124. The molecule has 0 saturated carbocycles. The molecule has 0 fully saturated rings. The minimum Gasteiger partial charge on any atom is -0.457 e. The summed E-state index contributed by atoms with van der Waals surface area (Å²) in [5.74, 6) is 1.56. The van der Waals surface area contributed by atoms with Gasteiger partial charge in [0.15, 0.2) is 0 Å². The number of aromatic nitrogens is 1. The van der Waals surface area contributed by atoms with E-state index in [4.69, 9.17) is 18.9 Å². The Morgan fingerprint density at radius 1 is 0.638 bits per heavy atom. The van der Waals surface area contributed by atoms with Crippen LogP contribution in [0.1, 0.15) is 12.6 Å². The van der Waals surface area contributed by atoms with Crippen LogP contribution in [0.25, 0.3) is 72.1 Å². The zero-order valence-corrected chi connectivity index (χ0v) is 25.9. The lowest BCUT2D eigenvalue weighted by Gasteiger charge is -2.13. The Kier molecular flexibility index (Phi) is 7.23. The van der Waals surface area contributed by atoms with Gasteiger partial charge >= 0.3 is 0 Å². The molecule has 0 aliphatic carbocycles. The molecule has 226 valence electrons. The van der Waals surface area contributed by atoms with Crippen molar-refractivity contribution in [1.82, 2.24) is 4.98 Å². The van der Waals surface area contributed by atoms with Gasteiger partial charge in [-0.1, -0.05) is 104 Å². The van der Waals surface area contributed by atoms with Gasteiger partial charge in [-0.2, -0.15) is 0 Å². The van der Waals surface area contributed by atoms with Crippen molar-refractivity contribution in [1.29, 1.82) is 0 Å². The number of ether oxygens (including phenoxy) is 2. The number of hydrogen-bond acceptors (Lipinski definition) is 4. The molecule has 0 radical (unpaired) electrons. The molecule has 1 aliphatic rings. The van der Waals surface area contributed by atoms with Crippen molar-refractivity contribution in [2.24, 2.45) is 0 Å². The summed E-state index contributed by atoms with van der Waals surface area (Å²) in [6, 6.07) is 41.7. The van der Waals surface area contributed by atoms with Crippen LogP contribution in [0.2, 0.25) is 0 Å². The van der Waals surface area contributed by atoms with E-state index in [0.29, 0.717) is 0 Å². The molecule has 0 N–H and O–H groups in total. The van der Waals surface area contributed by atoms with Crippen LogP contribution in [0, 0.1) is 0 Å². The van der Waals surface area contributed by atoms with Crippen molar-refractivity contribution in [3.63, 3.8) is 0 Å². The van der Waals surface area contributed by atoms with Gasteiger partial charge in [0.2, 0.25) is 6.79 Å². The lowest BCUT2D eigenvalue weighted by molar-refractivity contribution is 0.125. The second-order valence-electron chi connectivity index (χ2n) is 11.6. The highest BCUT2D eigenvalue weighted by atomic mass is 16.7. The Hall–Kier alpha value is -6.13. The fraction of sp³-hybridized carbons (Fsp3) is 0.0465. The van der Waals surface area contributed by atoms with E-state index in [-0.39, 0.29) is 6.79 Å². The monoisotopic (exact) mass is 609 g/mol. The topological polar surface area (TPSA) is 44.5 Å². The number of nitrogens with zero attached hydrogens (tertiary/aromatic N) is 1. The summed E-state index contributed by atoms with van der Waals surface area (Å²) >= 11 is 0. The van der Waals surface area contributed by atoms with Crippen LogP contribution in [0.3, 0.4) is 0 Å². The second-order valence-corrected chi connectivity index (χ2v) is 11.6. The van der Waals surface area contributed by atoms with Crippen molar-refractivity contribution in [2.75, 3.05) is 6.79 Å². The van der Waals surface area contributed by atoms with E-state index in [9.17, 15) is 0 Å². The Balaban J connectivity index is 1.24. The SMILES string of the molecule is C=C/C=C\C=C(/C)c1cc(-c2ccc3c(c2)OCOc2ccc(-c4cccc5oc6ccccc6c45)cc2-3)cc(-c2ccccc2)n1. The van der Waals surface area contributed by atoms with Gasteiger partial charge in [0.1, 0.15) is 22.7 Å². The van der Waals surface area contributed by atoms with E-state index in [0.717, 1.165) is 89.3 Å². The van der Waals surface area contributed by atoms with Crippen molar-refractivity contribution in [3.05, 3.63) is 158 Å². The number of furan rings is 1. The van der Waals surface area contributed by atoms with Crippen molar-refractivity contribution in [2.45, 2.75) is 6.92 Å². The first-order valence-corrected chi connectivity index (χ1v) is 15.7. The summed E-state index contributed by atoms with van der Waals surface area (Å²) in [4.78, 5) is 5.03. The highest BCUT2D eigenvalue weighted by Crippen LogP contribution is 2.45. The predicted molar refractivity (Wildman–Crippen MR) is 192 cm³/mol. The van der Waals surface area contributed by atoms with Gasteiger partial charge in [-0.25, -0.2) is 4.98 Å². The van der Waals surface area contributed by atoms with E-state index in [1.54, 1.807) is 6.08 Å².